The van der Waals surface area contributed by atoms with Gasteiger partial charge in [0.1, 0.15) is 11.5 Å². The van der Waals surface area contributed by atoms with E-state index >= 15 is 0 Å². The van der Waals surface area contributed by atoms with Gasteiger partial charge in [-0.3, -0.25) is 4.79 Å². The zero-order valence-electron chi connectivity index (χ0n) is 20.7. The van der Waals surface area contributed by atoms with E-state index < -0.39 is 5.97 Å². The number of methoxy groups -OCH3 is 1. The Labute approximate surface area is 210 Å². The summed E-state index contributed by atoms with van der Waals surface area (Å²) in [6.45, 7) is 5.29. The van der Waals surface area contributed by atoms with Gasteiger partial charge in [0, 0.05) is 5.56 Å². The van der Waals surface area contributed by atoms with Crippen molar-refractivity contribution < 1.29 is 28.5 Å². The van der Waals surface area contributed by atoms with E-state index in [0.29, 0.717) is 47.2 Å². The number of nitrogens with one attached hydrogen (secondary N) is 1. The molecule has 0 fully saturated rings. The standard InChI is InChI=1S/C28H30N2O6/c1-4-16-34-23-11-7-21(8-12-23)27(31)30-29-19-20-6-15-25(26(18-20)33-3)36-28(32)22-9-13-24(14-10-22)35-17-5-2/h6-15,18-19H,4-5,16-17H2,1-3H3,(H,30,31). The number of hydrogen-bond acceptors (Lipinski definition) is 7. The average molecular weight is 491 g/mol. The van der Waals surface area contributed by atoms with Crippen LogP contribution in [0.25, 0.3) is 0 Å². The fourth-order valence-electron chi connectivity index (χ4n) is 3.07. The first-order chi connectivity index (χ1) is 17.5. The maximum atomic E-state index is 12.5. The molecule has 0 aliphatic rings. The SMILES string of the molecule is CCCOc1ccc(C(=O)NN=Cc2ccc(OC(=O)c3ccc(OCCC)cc3)c(OC)c2)cc1. The Morgan fingerprint density at radius 1 is 0.806 bits per heavy atom. The minimum atomic E-state index is -0.518. The van der Waals surface area contributed by atoms with Crippen LogP contribution < -0.4 is 24.4 Å². The highest BCUT2D eigenvalue weighted by molar-refractivity contribution is 5.95. The quantitative estimate of drug-likeness (QED) is 0.161. The van der Waals surface area contributed by atoms with Gasteiger partial charge in [-0.05, 0) is 85.1 Å². The number of carbonyl (C=O) groups is 2. The van der Waals surface area contributed by atoms with Crippen molar-refractivity contribution in [3.63, 3.8) is 0 Å². The number of rotatable bonds is 12. The Kier molecular flexibility index (Phi) is 9.88. The van der Waals surface area contributed by atoms with Crippen molar-refractivity contribution in [1.82, 2.24) is 5.43 Å². The third kappa shape index (κ3) is 7.59. The van der Waals surface area contributed by atoms with E-state index in [1.807, 2.05) is 13.8 Å². The number of esters is 1. The molecule has 0 saturated heterocycles. The summed E-state index contributed by atoms with van der Waals surface area (Å²) in [5, 5.41) is 4.00. The number of benzene rings is 3. The van der Waals surface area contributed by atoms with Crippen LogP contribution in [0, 0.1) is 0 Å². The number of carbonyl (C=O) groups excluding carboxylic acids is 2. The molecule has 0 radical (unpaired) electrons. The molecule has 0 saturated carbocycles. The van der Waals surface area contributed by atoms with Crippen molar-refractivity contribution >= 4 is 18.1 Å². The van der Waals surface area contributed by atoms with E-state index in [-0.39, 0.29) is 11.7 Å². The van der Waals surface area contributed by atoms with Crippen LogP contribution in [0.2, 0.25) is 0 Å². The van der Waals surface area contributed by atoms with Gasteiger partial charge in [0.2, 0.25) is 0 Å². The van der Waals surface area contributed by atoms with Gasteiger partial charge >= 0.3 is 5.97 Å². The molecule has 36 heavy (non-hydrogen) atoms. The summed E-state index contributed by atoms with van der Waals surface area (Å²) in [6.07, 6.45) is 3.28. The summed E-state index contributed by atoms with van der Waals surface area (Å²) in [7, 11) is 1.48. The molecule has 0 aliphatic carbocycles. The van der Waals surface area contributed by atoms with Gasteiger partial charge in [0.25, 0.3) is 5.91 Å². The molecule has 3 rings (SSSR count). The molecule has 8 nitrogen and oxygen atoms in total. The van der Waals surface area contributed by atoms with Crippen LogP contribution in [0.5, 0.6) is 23.0 Å². The lowest BCUT2D eigenvalue weighted by atomic mass is 10.2. The fraction of sp³-hybridized carbons (Fsp3) is 0.250. The van der Waals surface area contributed by atoms with Crippen molar-refractivity contribution in [3.8, 4) is 23.0 Å². The van der Waals surface area contributed by atoms with Crippen LogP contribution in [-0.4, -0.2) is 38.4 Å². The highest BCUT2D eigenvalue weighted by Gasteiger charge is 2.13. The van der Waals surface area contributed by atoms with Crippen LogP contribution in [0.3, 0.4) is 0 Å². The maximum Gasteiger partial charge on any atom is 0.343 e. The number of amides is 1. The maximum absolute atomic E-state index is 12.5. The lowest BCUT2D eigenvalue weighted by Crippen LogP contribution is -2.17. The third-order valence-electron chi connectivity index (χ3n) is 4.92. The number of ether oxygens (including phenoxy) is 4. The second-order valence-electron chi connectivity index (χ2n) is 7.74. The minimum absolute atomic E-state index is 0.264. The monoisotopic (exact) mass is 490 g/mol. The molecule has 0 heterocycles. The Bertz CT molecular complexity index is 1170. The Morgan fingerprint density at radius 3 is 1.94 bits per heavy atom. The van der Waals surface area contributed by atoms with Crippen LogP contribution in [-0.2, 0) is 0 Å². The predicted octanol–water partition coefficient (Wildman–Crippen LogP) is 5.26. The molecule has 3 aromatic carbocycles. The minimum Gasteiger partial charge on any atom is -0.494 e. The van der Waals surface area contributed by atoms with Gasteiger partial charge in [0.15, 0.2) is 11.5 Å². The molecule has 188 valence electrons. The molecular formula is C28H30N2O6. The van der Waals surface area contributed by atoms with Crippen molar-refractivity contribution in [2.45, 2.75) is 26.7 Å². The summed E-state index contributed by atoms with van der Waals surface area (Å²) < 4.78 is 21.9. The zero-order valence-corrected chi connectivity index (χ0v) is 20.7. The summed E-state index contributed by atoms with van der Waals surface area (Å²) in [5.41, 5.74) is 3.98. The van der Waals surface area contributed by atoms with E-state index in [4.69, 9.17) is 18.9 Å². The number of hydrazone groups is 1. The van der Waals surface area contributed by atoms with E-state index in [2.05, 4.69) is 10.5 Å². The Morgan fingerprint density at radius 2 is 1.39 bits per heavy atom. The summed E-state index contributed by atoms with van der Waals surface area (Å²) in [5.74, 6) is 1.15. The lowest BCUT2D eigenvalue weighted by Gasteiger charge is -2.10. The van der Waals surface area contributed by atoms with Gasteiger partial charge in [-0.15, -0.1) is 0 Å². The molecule has 0 aromatic heterocycles. The molecule has 1 amide bonds. The second-order valence-corrected chi connectivity index (χ2v) is 7.74. The van der Waals surface area contributed by atoms with Crippen LogP contribution in [0.1, 0.15) is 53.0 Å². The Hall–Kier alpha value is -4.33. The highest BCUT2D eigenvalue weighted by atomic mass is 16.6. The first kappa shape index (κ1) is 26.3. The Balaban J connectivity index is 1.58. The first-order valence-corrected chi connectivity index (χ1v) is 11.7. The number of nitrogens with zero attached hydrogens (tertiary/aromatic N) is 1. The summed E-state index contributed by atoms with van der Waals surface area (Å²) >= 11 is 0. The molecular weight excluding hydrogens is 460 g/mol. The van der Waals surface area contributed by atoms with Gasteiger partial charge in [0.05, 0.1) is 32.1 Å². The predicted molar refractivity (Wildman–Crippen MR) is 137 cm³/mol. The zero-order chi connectivity index (χ0) is 25.8. The van der Waals surface area contributed by atoms with Crippen molar-refractivity contribution in [2.24, 2.45) is 5.10 Å². The van der Waals surface area contributed by atoms with E-state index in [1.54, 1.807) is 66.7 Å². The van der Waals surface area contributed by atoms with Gasteiger partial charge < -0.3 is 18.9 Å². The topological polar surface area (TPSA) is 95.5 Å². The van der Waals surface area contributed by atoms with E-state index in [9.17, 15) is 9.59 Å². The molecule has 0 aliphatic heterocycles. The normalized spacial score (nSPS) is 10.6. The third-order valence-corrected chi connectivity index (χ3v) is 4.92. The largest absolute Gasteiger partial charge is 0.494 e. The van der Waals surface area contributed by atoms with Crippen molar-refractivity contribution in [1.29, 1.82) is 0 Å². The van der Waals surface area contributed by atoms with Crippen LogP contribution in [0.15, 0.2) is 71.8 Å². The number of hydrogen-bond donors (Lipinski definition) is 1. The fourth-order valence-corrected chi connectivity index (χ4v) is 3.07. The molecule has 0 unspecified atom stereocenters. The van der Waals surface area contributed by atoms with Crippen LogP contribution in [0.4, 0.5) is 0 Å². The second kappa shape index (κ2) is 13.5. The average Bonchev–Trinajstić information content (AvgIpc) is 2.91. The summed E-state index contributed by atoms with van der Waals surface area (Å²) in [6, 6.07) is 18.5. The molecule has 0 atom stereocenters. The highest BCUT2D eigenvalue weighted by Crippen LogP contribution is 2.28. The van der Waals surface area contributed by atoms with Gasteiger partial charge in [-0.25, -0.2) is 10.2 Å². The van der Waals surface area contributed by atoms with Crippen LogP contribution >= 0.6 is 0 Å². The van der Waals surface area contributed by atoms with Crippen molar-refractivity contribution in [3.05, 3.63) is 83.4 Å². The van der Waals surface area contributed by atoms with E-state index in [0.717, 1.165) is 12.8 Å². The molecule has 3 aromatic rings. The first-order valence-electron chi connectivity index (χ1n) is 11.7. The molecule has 0 bridgehead atoms. The van der Waals surface area contributed by atoms with Gasteiger partial charge in [-0.2, -0.15) is 5.10 Å². The molecule has 1 N–H and O–H groups in total. The van der Waals surface area contributed by atoms with Crippen molar-refractivity contribution in [2.75, 3.05) is 20.3 Å². The smallest absolute Gasteiger partial charge is 0.343 e. The molecule has 0 spiro atoms. The molecule has 8 heteroatoms. The van der Waals surface area contributed by atoms with E-state index in [1.165, 1.54) is 13.3 Å². The summed E-state index contributed by atoms with van der Waals surface area (Å²) in [4.78, 5) is 24.9. The van der Waals surface area contributed by atoms with Gasteiger partial charge in [-0.1, -0.05) is 13.8 Å². The lowest BCUT2D eigenvalue weighted by molar-refractivity contribution is 0.0729.